The molecule has 4 nitrogen and oxygen atoms in total. The van der Waals surface area contributed by atoms with Gasteiger partial charge in [-0.1, -0.05) is 0 Å². The van der Waals surface area contributed by atoms with E-state index in [-0.39, 0.29) is 5.91 Å². The lowest BCUT2D eigenvalue weighted by atomic mass is 10.5. The molecule has 1 aromatic rings. The standard InChI is InChI=1S/C6H8IN3O/c1-4(11)8-5-3-10(2)9-6(5)7/h3H,1-2H3,(H,8,11). The number of amides is 1. The summed E-state index contributed by atoms with van der Waals surface area (Å²) in [5, 5.41) is 6.72. The van der Waals surface area contributed by atoms with Crippen LogP contribution in [0.2, 0.25) is 0 Å². The van der Waals surface area contributed by atoms with Crippen LogP contribution in [0.15, 0.2) is 6.20 Å². The highest BCUT2D eigenvalue weighted by Crippen LogP contribution is 2.14. The smallest absolute Gasteiger partial charge is 0.221 e. The third-order valence-corrected chi connectivity index (χ3v) is 1.89. The van der Waals surface area contributed by atoms with Crippen LogP contribution < -0.4 is 5.32 Å². The van der Waals surface area contributed by atoms with Crippen molar-refractivity contribution >= 4 is 34.2 Å². The van der Waals surface area contributed by atoms with Crippen LogP contribution in [0.3, 0.4) is 0 Å². The Hall–Kier alpha value is -0.590. The summed E-state index contributed by atoms with van der Waals surface area (Å²) in [5.74, 6) is -0.0732. The summed E-state index contributed by atoms with van der Waals surface area (Å²) < 4.78 is 2.47. The van der Waals surface area contributed by atoms with Gasteiger partial charge in [0.2, 0.25) is 5.91 Å². The summed E-state index contributed by atoms with van der Waals surface area (Å²) in [7, 11) is 1.81. The monoisotopic (exact) mass is 265 g/mol. The van der Waals surface area contributed by atoms with E-state index < -0.39 is 0 Å². The van der Waals surface area contributed by atoms with Gasteiger partial charge in [-0.05, 0) is 22.6 Å². The molecule has 0 atom stereocenters. The average molecular weight is 265 g/mol. The summed E-state index contributed by atoms with van der Waals surface area (Å²) in [6.07, 6.45) is 1.77. The molecule has 0 fully saturated rings. The minimum Gasteiger partial charge on any atom is -0.323 e. The van der Waals surface area contributed by atoms with Crippen LogP contribution in [-0.4, -0.2) is 15.7 Å². The molecular weight excluding hydrogens is 257 g/mol. The molecule has 11 heavy (non-hydrogen) atoms. The predicted molar refractivity (Wildman–Crippen MR) is 50.2 cm³/mol. The second kappa shape index (κ2) is 3.21. The lowest BCUT2D eigenvalue weighted by molar-refractivity contribution is -0.114. The minimum absolute atomic E-state index is 0.0732. The van der Waals surface area contributed by atoms with Gasteiger partial charge in [0.05, 0.1) is 5.69 Å². The van der Waals surface area contributed by atoms with Gasteiger partial charge >= 0.3 is 0 Å². The molecule has 0 radical (unpaired) electrons. The largest absolute Gasteiger partial charge is 0.323 e. The molecule has 0 aliphatic carbocycles. The minimum atomic E-state index is -0.0732. The molecule has 1 amide bonds. The zero-order chi connectivity index (χ0) is 8.43. The number of nitrogens with zero attached hydrogens (tertiary/aromatic N) is 2. The normalized spacial score (nSPS) is 9.73. The molecule has 0 bridgehead atoms. The van der Waals surface area contributed by atoms with Crippen LogP contribution in [0.25, 0.3) is 0 Å². The Morgan fingerprint density at radius 2 is 2.45 bits per heavy atom. The highest BCUT2D eigenvalue weighted by molar-refractivity contribution is 14.1. The highest BCUT2D eigenvalue weighted by Gasteiger charge is 2.04. The molecule has 0 aromatic carbocycles. The lowest BCUT2D eigenvalue weighted by Gasteiger charge is -1.94. The number of rotatable bonds is 1. The first kappa shape index (κ1) is 8.51. The third-order valence-electron chi connectivity index (χ3n) is 1.09. The maximum atomic E-state index is 10.6. The summed E-state index contributed by atoms with van der Waals surface area (Å²) in [6, 6.07) is 0. The Morgan fingerprint density at radius 1 is 1.82 bits per heavy atom. The molecule has 1 heterocycles. The van der Waals surface area contributed by atoms with Gasteiger partial charge in [-0.25, -0.2) is 0 Å². The first-order chi connectivity index (χ1) is 5.09. The topological polar surface area (TPSA) is 46.9 Å². The van der Waals surface area contributed by atoms with E-state index in [0.717, 1.165) is 9.39 Å². The van der Waals surface area contributed by atoms with E-state index in [4.69, 9.17) is 0 Å². The second-order valence-electron chi connectivity index (χ2n) is 2.19. The van der Waals surface area contributed by atoms with E-state index in [1.807, 2.05) is 7.05 Å². The molecule has 0 spiro atoms. The van der Waals surface area contributed by atoms with Crippen LogP contribution >= 0.6 is 22.6 Å². The van der Waals surface area contributed by atoms with Crippen molar-refractivity contribution in [2.75, 3.05) is 5.32 Å². The molecule has 0 aliphatic rings. The van der Waals surface area contributed by atoms with Gasteiger partial charge in [-0.15, -0.1) is 0 Å². The number of halogens is 1. The Kier molecular flexibility index (Phi) is 2.48. The SMILES string of the molecule is CC(=O)Nc1cn(C)nc1I. The number of carbonyl (C=O) groups excluding carboxylic acids is 1. The van der Waals surface area contributed by atoms with Crippen molar-refractivity contribution in [2.24, 2.45) is 7.05 Å². The number of aryl methyl sites for hydroxylation is 1. The second-order valence-corrected chi connectivity index (χ2v) is 3.21. The maximum absolute atomic E-state index is 10.6. The van der Waals surface area contributed by atoms with Crippen molar-refractivity contribution in [3.63, 3.8) is 0 Å². The molecule has 60 valence electrons. The van der Waals surface area contributed by atoms with Crippen LogP contribution in [0.5, 0.6) is 0 Å². The van der Waals surface area contributed by atoms with Gasteiger partial charge in [0, 0.05) is 20.2 Å². The third kappa shape index (κ3) is 2.18. The fourth-order valence-electron chi connectivity index (χ4n) is 0.735. The predicted octanol–water partition coefficient (Wildman–Crippen LogP) is 0.983. The molecule has 1 rings (SSSR count). The fraction of sp³-hybridized carbons (Fsp3) is 0.333. The summed E-state index contributed by atoms with van der Waals surface area (Å²) >= 11 is 2.07. The number of carbonyl (C=O) groups is 1. The van der Waals surface area contributed by atoms with E-state index in [9.17, 15) is 4.79 Å². The van der Waals surface area contributed by atoms with Crippen LogP contribution in [0, 0.1) is 3.70 Å². The van der Waals surface area contributed by atoms with Gasteiger partial charge in [0.25, 0.3) is 0 Å². The van der Waals surface area contributed by atoms with E-state index in [0.29, 0.717) is 0 Å². The van der Waals surface area contributed by atoms with Crippen molar-refractivity contribution in [1.82, 2.24) is 9.78 Å². The number of hydrogen-bond acceptors (Lipinski definition) is 2. The Bertz CT molecular complexity index is 281. The van der Waals surface area contributed by atoms with Gasteiger partial charge in [0.1, 0.15) is 3.70 Å². The van der Waals surface area contributed by atoms with Crippen LogP contribution in [-0.2, 0) is 11.8 Å². The first-order valence-electron chi connectivity index (χ1n) is 3.06. The fourth-order valence-corrected chi connectivity index (χ4v) is 1.35. The quantitative estimate of drug-likeness (QED) is 0.769. The Balaban J connectivity index is 2.85. The van der Waals surface area contributed by atoms with E-state index in [1.54, 1.807) is 10.9 Å². The van der Waals surface area contributed by atoms with E-state index >= 15 is 0 Å². The Morgan fingerprint density at radius 3 is 2.82 bits per heavy atom. The lowest BCUT2D eigenvalue weighted by Crippen LogP contribution is -2.05. The first-order valence-corrected chi connectivity index (χ1v) is 4.14. The summed E-state index contributed by atoms with van der Waals surface area (Å²) in [4.78, 5) is 10.6. The van der Waals surface area contributed by atoms with Crippen molar-refractivity contribution < 1.29 is 4.79 Å². The van der Waals surface area contributed by atoms with Crippen LogP contribution in [0.1, 0.15) is 6.92 Å². The number of hydrogen-bond donors (Lipinski definition) is 1. The molecule has 1 aromatic heterocycles. The zero-order valence-corrected chi connectivity index (χ0v) is 8.42. The number of aromatic nitrogens is 2. The van der Waals surface area contributed by atoms with E-state index in [1.165, 1.54) is 6.92 Å². The average Bonchev–Trinajstić information content (AvgIpc) is 2.09. The molecule has 0 saturated carbocycles. The summed E-state index contributed by atoms with van der Waals surface area (Å²) in [5.41, 5.74) is 0.764. The molecular formula is C6H8IN3O. The van der Waals surface area contributed by atoms with Gasteiger partial charge in [-0.2, -0.15) is 5.10 Å². The molecule has 0 saturated heterocycles. The van der Waals surface area contributed by atoms with Crippen molar-refractivity contribution in [2.45, 2.75) is 6.92 Å². The zero-order valence-electron chi connectivity index (χ0n) is 6.26. The van der Waals surface area contributed by atoms with Crippen molar-refractivity contribution in [3.05, 3.63) is 9.90 Å². The maximum Gasteiger partial charge on any atom is 0.221 e. The molecule has 5 heteroatoms. The highest BCUT2D eigenvalue weighted by atomic mass is 127. The summed E-state index contributed by atoms with van der Waals surface area (Å²) in [6.45, 7) is 1.48. The van der Waals surface area contributed by atoms with Gasteiger partial charge in [0.15, 0.2) is 0 Å². The molecule has 0 aliphatic heterocycles. The number of anilines is 1. The van der Waals surface area contributed by atoms with E-state index in [2.05, 4.69) is 33.0 Å². The molecule has 0 unspecified atom stereocenters. The number of nitrogens with one attached hydrogen (secondary N) is 1. The van der Waals surface area contributed by atoms with Crippen molar-refractivity contribution in [1.29, 1.82) is 0 Å². The Labute approximate surface area is 78.1 Å². The van der Waals surface area contributed by atoms with Crippen LogP contribution in [0.4, 0.5) is 5.69 Å². The van der Waals surface area contributed by atoms with Gasteiger partial charge < -0.3 is 5.32 Å². The van der Waals surface area contributed by atoms with Crippen molar-refractivity contribution in [3.8, 4) is 0 Å². The molecule has 1 N–H and O–H groups in total. The van der Waals surface area contributed by atoms with Gasteiger partial charge in [-0.3, -0.25) is 9.48 Å².